The average Bonchev–Trinajstić information content (AvgIpc) is 3.18. The number of para-hydroxylation sites is 1. The molecule has 1 fully saturated rings. The molecule has 4 rings (SSSR count). The lowest BCUT2D eigenvalue weighted by Crippen LogP contribution is -2.62. The van der Waals surface area contributed by atoms with Gasteiger partial charge < -0.3 is 15.0 Å². The molecule has 1 N–H and O–H groups in total. The lowest BCUT2D eigenvalue weighted by molar-refractivity contribution is -0.144. The summed E-state index contributed by atoms with van der Waals surface area (Å²) in [6, 6.07) is 15.2. The van der Waals surface area contributed by atoms with Crippen LogP contribution in [-0.4, -0.2) is 54.0 Å². The van der Waals surface area contributed by atoms with E-state index in [-0.39, 0.29) is 43.3 Å². The van der Waals surface area contributed by atoms with E-state index in [2.05, 4.69) is 5.32 Å². The van der Waals surface area contributed by atoms with Crippen LogP contribution in [0.25, 0.3) is 0 Å². The topological polar surface area (TPSA) is 96.0 Å². The van der Waals surface area contributed by atoms with E-state index in [1.165, 1.54) is 5.56 Å². The van der Waals surface area contributed by atoms with E-state index in [0.717, 1.165) is 5.56 Å². The van der Waals surface area contributed by atoms with Gasteiger partial charge in [-0.2, -0.15) is 0 Å². The van der Waals surface area contributed by atoms with E-state index >= 15 is 0 Å². The molecule has 190 valence electrons. The lowest BCUT2D eigenvalue weighted by atomic mass is 9.98. The Bertz CT molecular complexity index is 1150. The molecule has 0 aromatic heterocycles. The van der Waals surface area contributed by atoms with Crippen molar-refractivity contribution >= 4 is 29.4 Å². The largest absolute Gasteiger partial charge is 0.464 e. The third-order valence-electron chi connectivity index (χ3n) is 6.96. The molecule has 2 aliphatic heterocycles. The SMILES string of the molecule is Cc1ccc(CCC(=O)NCCOC(=O)CCCN2C(=O)c3ccccc3N3C(=O)CCC23C)cc1. The number of carbonyl (C=O) groups is 4. The summed E-state index contributed by atoms with van der Waals surface area (Å²) in [6.07, 6.45) is 2.55. The minimum atomic E-state index is -0.727. The van der Waals surface area contributed by atoms with Crippen molar-refractivity contribution in [2.75, 3.05) is 24.6 Å². The first-order valence-electron chi connectivity index (χ1n) is 12.5. The predicted octanol–water partition coefficient (Wildman–Crippen LogP) is 3.37. The van der Waals surface area contributed by atoms with Gasteiger partial charge in [-0.25, -0.2) is 0 Å². The molecule has 2 aliphatic rings. The van der Waals surface area contributed by atoms with Crippen molar-refractivity contribution in [3.8, 4) is 0 Å². The first-order valence-corrected chi connectivity index (χ1v) is 12.5. The number of nitrogens with zero attached hydrogens (tertiary/aromatic N) is 2. The zero-order valence-electron chi connectivity index (χ0n) is 20.9. The second-order valence-electron chi connectivity index (χ2n) is 9.58. The smallest absolute Gasteiger partial charge is 0.305 e. The molecule has 2 aromatic rings. The molecular weight excluding hydrogens is 458 g/mol. The highest BCUT2D eigenvalue weighted by Crippen LogP contribution is 2.44. The summed E-state index contributed by atoms with van der Waals surface area (Å²) in [5.74, 6) is -0.582. The molecule has 2 heterocycles. The molecule has 3 amide bonds. The van der Waals surface area contributed by atoms with Crippen LogP contribution < -0.4 is 10.2 Å². The maximum absolute atomic E-state index is 13.2. The van der Waals surface area contributed by atoms with Crippen molar-refractivity contribution < 1.29 is 23.9 Å². The van der Waals surface area contributed by atoms with Crippen LogP contribution in [0.1, 0.15) is 60.5 Å². The number of amides is 3. The van der Waals surface area contributed by atoms with Gasteiger partial charge >= 0.3 is 5.97 Å². The van der Waals surface area contributed by atoms with Crippen molar-refractivity contribution in [1.82, 2.24) is 10.2 Å². The Morgan fingerprint density at radius 3 is 2.58 bits per heavy atom. The first-order chi connectivity index (χ1) is 17.3. The van der Waals surface area contributed by atoms with Crippen LogP contribution in [0.15, 0.2) is 48.5 Å². The molecule has 2 aromatic carbocycles. The number of rotatable bonds is 10. The van der Waals surface area contributed by atoms with Gasteiger partial charge in [0.25, 0.3) is 5.91 Å². The number of fused-ring (bicyclic) bond motifs is 3. The van der Waals surface area contributed by atoms with Crippen LogP contribution in [0.2, 0.25) is 0 Å². The third kappa shape index (κ3) is 5.42. The van der Waals surface area contributed by atoms with E-state index in [4.69, 9.17) is 4.74 Å². The van der Waals surface area contributed by atoms with Crippen LogP contribution in [0.3, 0.4) is 0 Å². The molecule has 8 heteroatoms. The fourth-order valence-corrected chi connectivity index (χ4v) is 4.95. The minimum absolute atomic E-state index is 0.00257. The van der Waals surface area contributed by atoms with Crippen molar-refractivity contribution in [1.29, 1.82) is 0 Å². The molecule has 0 spiro atoms. The zero-order valence-corrected chi connectivity index (χ0v) is 20.9. The summed E-state index contributed by atoms with van der Waals surface area (Å²) in [5.41, 5.74) is 2.73. The van der Waals surface area contributed by atoms with E-state index in [0.29, 0.717) is 49.9 Å². The Morgan fingerprint density at radius 1 is 1.06 bits per heavy atom. The molecule has 0 bridgehead atoms. The van der Waals surface area contributed by atoms with Gasteiger partial charge in [-0.05, 0) is 50.8 Å². The molecule has 1 unspecified atom stereocenters. The van der Waals surface area contributed by atoms with Gasteiger partial charge in [0.15, 0.2) is 0 Å². The number of anilines is 1. The molecule has 1 atom stereocenters. The highest BCUT2D eigenvalue weighted by atomic mass is 16.5. The number of hydrogen-bond acceptors (Lipinski definition) is 5. The Labute approximate surface area is 211 Å². The molecule has 8 nitrogen and oxygen atoms in total. The van der Waals surface area contributed by atoms with Crippen molar-refractivity contribution in [2.24, 2.45) is 0 Å². The quantitative estimate of drug-likeness (QED) is 0.406. The van der Waals surface area contributed by atoms with Gasteiger partial charge in [0.05, 0.1) is 17.8 Å². The summed E-state index contributed by atoms with van der Waals surface area (Å²) in [5, 5.41) is 2.77. The molecule has 0 aliphatic carbocycles. The van der Waals surface area contributed by atoms with E-state index < -0.39 is 5.66 Å². The van der Waals surface area contributed by atoms with Gasteiger partial charge in [0.1, 0.15) is 12.3 Å². The highest BCUT2D eigenvalue weighted by molar-refractivity contribution is 6.10. The summed E-state index contributed by atoms with van der Waals surface area (Å²) >= 11 is 0. The Morgan fingerprint density at radius 2 is 1.81 bits per heavy atom. The molecule has 0 radical (unpaired) electrons. The van der Waals surface area contributed by atoms with Gasteiger partial charge in [0, 0.05) is 25.8 Å². The summed E-state index contributed by atoms with van der Waals surface area (Å²) < 4.78 is 5.25. The number of esters is 1. The fourth-order valence-electron chi connectivity index (χ4n) is 4.95. The Balaban J connectivity index is 1.19. The fraction of sp³-hybridized carbons (Fsp3) is 0.429. The third-order valence-corrected chi connectivity index (χ3v) is 6.96. The number of benzene rings is 2. The van der Waals surface area contributed by atoms with Gasteiger partial charge in [-0.1, -0.05) is 42.0 Å². The van der Waals surface area contributed by atoms with Gasteiger partial charge in [-0.15, -0.1) is 0 Å². The van der Waals surface area contributed by atoms with Gasteiger partial charge in [0.2, 0.25) is 11.8 Å². The van der Waals surface area contributed by atoms with Crippen molar-refractivity contribution in [3.05, 3.63) is 65.2 Å². The summed E-state index contributed by atoms with van der Waals surface area (Å²) in [4.78, 5) is 53.5. The standard InChI is InChI=1S/C28H33N3O5/c1-20-9-11-21(12-10-20)13-14-24(32)29-17-19-36-26(34)8-5-18-30-27(35)22-6-3-4-7-23(22)31-25(33)15-16-28(30,31)2/h3-4,6-7,9-12H,5,8,13-19H2,1-2H3,(H,29,32). The van der Waals surface area contributed by atoms with E-state index in [9.17, 15) is 19.2 Å². The maximum atomic E-state index is 13.2. The number of nitrogens with one attached hydrogen (secondary N) is 1. The van der Waals surface area contributed by atoms with Crippen LogP contribution >= 0.6 is 0 Å². The first kappa shape index (κ1) is 25.4. The molecule has 36 heavy (non-hydrogen) atoms. The molecule has 0 saturated carbocycles. The van der Waals surface area contributed by atoms with Crippen molar-refractivity contribution in [3.63, 3.8) is 0 Å². The van der Waals surface area contributed by atoms with Crippen molar-refractivity contribution in [2.45, 2.75) is 58.0 Å². The highest BCUT2D eigenvalue weighted by Gasteiger charge is 2.52. The molecular formula is C28H33N3O5. The van der Waals surface area contributed by atoms with Crippen LogP contribution in [0.4, 0.5) is 5.69 Å². The summed E-state index contributed by atoms with van der Waals surface area (Å²) in [6.45, 7) is 4.64. The Kier molecular flexibility index (Phi) is 7.72. The summed E-state index contributed by atoms with van der Waals surface area (Å²) in [7, 11) is 0. The van der Waals surface area contributed by atoms with Crippen LogP contribution in [0.5, 0.6) is 0 Å². The molecule has 1 saturated heterocycles. The second-order valence-corrected chi connectivity index (χ2v) is 9.58. The van der Waals surface area contributed by atoms with E-state index in [1.807, 2.05) is 50.2 Å². The normalized spacial score (nSPS) is 18.6. The minimum Gasteiger partial charge on any atom is -0.464 e. The van der Waals surface area contributed by atoms with Gasteiger partial charge in [-0.3, -0.25) is 24.1 Å². The second kappa shape index (κ2) is 10.9. The maximum Gasteiger partial charge on any atom is 0.305 e. The average molecular weight is 492 g/mol. The lowest BCUT2D eigenvalue weighted by Gasteiger charge is -2.48. The van der Waals surface area contributed by atoms with Crippen LogP contribution in [0, 0.1) is 6.92 Å². The Hall–Kier alpha value is -3.68. The number of hydrogen-bond donors (Lipinski definition) is 1. The number of carbonyl (C=O) groups excluding carboxylic acids is 4. The van der Waals surface area contributed by atoms with E-state index in [1.54, 1.807) is 21.9 Å². The number of aryl methyl sites for hydroxylation is 2. The zero-order chi connectivity index (χ0) is 25.7. The predicted molar refractivity (Wildman–Crippen MR) is 135 cm³/mol. The monoisotopic (exact) mass is 491 g/mol. The van der Waals surface area contributed by atoms with Crippen LogP contribution in [-0.2, 0) is 25.5 Å². The number of ether oxygens (including phenoxy) is 1.